The Hall–Kier alpha value is -1.78. The van der Waals surface area contributed by atoms with Gasteiger partial charge in [0.15, 0.2) is 5.75 Å². The minimum atomic E-state index is -0.728. The van der Waals surface area contributed by atoms with E-state index in [-0.39, 0.29) is 11.3 Å². The number of ether oxygens (including phenoxy) is 1. The zero-order valence-electron chi connectivity index (χ0n) is 6.85. The van der Waals surface area contributed by atoms with Gasteiger partial charge in [0.05, 0.1) is 12.0 Å². The molecule has 1 aromatic carbocycles. The van der Waals surface area contributed by atoms with Crippen LogP contribution in [0.3, 0.4) is 0 Å². The molecule has 5 nitrogen and oxygen atoms in total. The Balaban J connectivity index is 3.35. The molecule has 0 saturated carbocycles. The molecule has 0 bridgehead atoms. The third kappa shape index (κ3) is 1.69. The van der Waals surface area contributed by atoms with E-state index in [0.717, 1.165) is 6.07 Å². The molecule has 0 fully saturated rings. The van der Waals surface area contributed by atoms with Crippen molar-refractivity contribution >= 4 is 5.69 Å². The quantitative estimate of drug-likeness (QED) is 0.552. The first kappa shape index (κ1) is 9.31. The number of rotatable bonds is 2. The van der Waals surface area contributed by atoms with Gasteiger partial charge in [-0.2, -0.15) is 0 Å². The molecule has 68 valence electrons. The maximum atomic E-state index is 10.4. The lowest BCUT2D eigenvalue weighted by Gasteiger charge is -2.04. The second-order valence-corrected chi connectivity index (χ2v) is 2.35. The van der Waals surface area contributed by atoms with Crippen LogP contribution < -0.4 is 4.74 Å². The minimum Gasteiger partial charge on any atom is -0.500 e. The van der Waals surface area contributed by atoms with Crippen molar-refractivity contribution in [3.8, 4) is 11.5 Å². The second kappa shape index (κ2) is 3.30. The van der Waals surface area contributed by atoms with E-state index in [9.17, 15) is 15.2 Å². The van der Waals surface area contributed by atoms with Crippen LogP contribution in [0.15, 0.2) is 12.1 Å². The summed E-state index contributed by atoms with van der Waals surface area (Å²) in [4.78, 5) is 9.65. The van der Waals surface area contributed by atoms with E-state index < -0.39 is 16.4 Å². The summed E-state index contributed by atoms with van der Waals surface area (Å²) in [6.07, 6.45) is 0. The van der Waals surface area contributed by atoms with E-state index in [1.54, 1.807) is 0 Å². The molecule has 5 heteroatoms. The summed E-state index contributed by atoms with van der Waals surface area (Å²) in [5.74, 6) is -0.520. The van der Waals surface area contributed by atoms with Crippen molar-refractivity contribution in [3.05, 3.63) is 34.7 Å². The van der Waals surface area contributed by atoms with Crippen LogP contribution in [0.5, 0.6) is 11.5 Å². The molecule has 0 aliphatic carbocycles. The van der Waals surface area contributed by atoms with Gasteiger partial charge in [0, 0.05) is 6.07 Å². The SMILES string of the molecule is [CH]c1cc(OC)c(O)c([N+](=O)[O-])c1. The second-order valence-electron chi connectivity index (χ2n) is 2.35. The lowest BCUT2D eigenvalue weighted by Crippen LogP contribution is -1.92. The Morgan fingerprint density at radius 3 is 2.69 bits per heavy atom. The highest BCUT2D eigenvalue weighted by Gasteiger charge is 2.18. The van der Waals surface area contributed by atoms with Crippen LogP contribution in [0, 0.1) is 17.0 Å². The predicted octanol–water partition coefficient (Wildman–Crippen LogP) is 1.37. The molecule has 0 heterocycles. The van der Waals surface area contributed by atoms with Crippen LogP contribution in [-0.4, -0.2) is 17.1 Å². The van der Waals surface area contributed by atoms with Gasteiger partial charge < -0.3 is 9.84 Å². The van der Waals surface area contributed by atoms with Crippen LogP contribution in [0.25, 0.3) is 0 Å². The van der Waals surface area contributed by atoms with E-state index in [0.29, 0.717) is 0 Å². The fraction of sp³-hybridized carbons (Fsp3) is 0.125. The molecule has 0 amide bonds. The molecule has 2 radical (unpaired) electrons. The van der Waals surface area contributed by atoms with Gasteiger partial charge in [0.1, 0.15) is 0 Å². The van der Waals surface area contributed by atoms with Gasteiger partial charge >= 0.3 is 5.69 Å². The van der Waals surface area contributed by atoms with Crippen LogP contribution in [0.1, 0.15) is 5.56 Å². The Bertz CT molecular complexity index is 348. The molecule has 0 aromatic heterocycles. The van der Waals surface area contributed by atoms with Crippen molar-refractivity contribution in [2.24, 2.45) is 0 Å². The lowest BCUT2D eigenvalue weighted by atomic mass is 10.2. The van der Waals surface area contributed by atoms with Gasteiger partial charge in [-0.1, -0.05) is 0 Å². The van der Waals surface area contributed by atoms with Crippen molar-refractivity contribution in [3.63, 3.8) is 0 Å². The molecule has 1 rings (SSSR count). The largest absolute Gasteiger partial charge is 0.500 e. The smallest absolute Gasteiger partial charge is 0.314 e. The van der Waals surface area contributed by atoms with Crippen molar-refractivity contribution in [1.82, 2.24) is 0 Å². The van der Waals surface area contributed by atoms with Crippen LogP contribution in [0.4, 0.5) is 5.69 Å². The Labute approximate surface area is 74.7 Å². The van der Waals surface area contributed by atoms with E-state index in [1.165, 1.54) is 13.2 Å². The number of methoxy groups -OCH3 is 1. The van der Waals surface area contributed by atoms with Gasteiger partial charge in [-0.3, -0.25) is 10.1 Å². The molecule has 0 atom stereocenters. The third-order valence-electron chi connectivity index (χ3n) is 1.49. The molecule has 1 aromatic rings. The molecular formula is C8H7NO4. The summed E-state index contributed by atoms with van der Waals surface area (Å²) in [6, 6.07) is 2.38. The highest BCUT2D eigenvalue weighted by atomic mass is 16.6. The highest BCUT2D eigenvalue weighted by molar-refractivity contribution is 5.57. The van der Waals surface area contributed by atoms with Gasteiger partial charge in [-0.05, 0) is 18.6 Å². The molecule has 0 aliphatic heterocycles. The number of phenolic OH excluding ortho intramolecular Hbond substituents is 1. The van der Waals surface area contributed by atoms with Gasteiger partial charge in [-0.15, -0.1) is 0 Å². The fourth-order valence-corrected chi connectivity index (χ4v) is 0.909. The summed E-state index contributed by atoms with van der Waals surface area (Å²) in [5, 5.41) is 19.6. The Kier molecular flexibility index (Phi) is 2.36. The number of phenols is 1. The standard InChI is InChI=1S/C8H7NO4/c1-5-3-6(9(11)12)8(10)7(4-5)13-2/h1,3-4,10H,2H3. The minimum absolute atomic E-state index is 0.00769. The molecule has 0 spiro atoms. The number of hydrogen-bond donors (Lipinski definition) is 1. The molecule has 1 N–H and O–H groups in total. The van der Waals surface area contributed by atoms with Crippen LogP contribution >= 0.6 is 0 Å². The first-order valence-corrected chi connectivity index (χ1v) is 3.37. The number of aromatic hydroxyl groups is 1. The normalized spacial score (nSPS) is 9.69. The molecule has 0 unspecified atom stereocenters. The highest BCUT2D eigenvalue weighted by Crippen LogP contribution is 2.36. The number of hydrogen-bond acceptors (Lipinski definition) is 4. The van der Waals surface area contributed by atoms with E-state index in [2.05, 4.69) is 4.74 Å². The third-order valence-corrected chi connectivity index (χ3v) is 1.49. The predicted molar refractivity (Wildman–Crippen MR) is 44.7 cm³/mol. The van der Waals surface area contributed by atoms with E-state index in [4.69, 9.17) is 6.92 Å². The van der Waals surface area contributed by atoms with Crippen molar-refractivity contribution in [2.75, 3.05) is 7.11 Å². The Morgan fingerprint density at radius 2 is 2.23 bits per heavy atom. The maximum Gasteiger partial charge on any atom is 0.314 e. The zero-order valence-corrected chi connectivity index (χ0v) is 6.85. The molecule has 13 heavy (non-hydrogen) atoms. The van der Waals surface area contributed by atoms with Gasteiger partial charge in [0.25, 0.3) is 0 Å². The first-order valence-electron chi connectivity index (χ1n) is 3.37. The van der Waals surface area contributed by atoms with Crippen molar-refractivity contribution in [2.45, 2.75) is 0 Å². The first-order chi connectivity index (χ1) is 6.06. The molecule has 0 saturated heterocycles. The summed E-state index contributed by atoms with van der Waals surface area (Å²) >= 11 is 0. The summed E-state index contributed by atoms with van der Waals surface area (Å²) < 4.78 is 4.68. The van der Waals surface area contributed by atoms with E-state index >= 15 is 0 Å². The number of nitro groups is 1. The topological polar surface area (TPSA) is 72.6 Å². The summed E-state index contributed by atoms with van der Waals surface area (Å²) in [7, 11) is 1.29. The van der Waals surface area contributed by atoms with Gasteiger partial charge in [-0.25, -0.2) is 0 Å². The van der Waals surface area contributed by atoms with E-state index in [1.807, 2.05) is 0 Å². The van der Waals surface area contributed by atoms with Gasteiger partial charge in [0.2, 0.25) is 5.75 Å². The fourth-order valence-electron chi connectivity index (χ4n) is 0.909. The van der Waals surface area contributed by atoms with Crippen LogP contribution in [-0.2, 0) is 0 Å². The average molecular weight is 181 g/mol. The molecule has 0 aliphatic rings. The number of nitrogens with zero attached hydrogens (tertiary/aromatic N) is 1. The average Bonchev–Trinajstić information content (AvgIpc) is 2.08. The number of benzene rings is 1. The summed E-state index contributed by atoms with van der Waals surface area (Å²) in [5.41, 5.74) is -0.293. The van der Waals surface area contributed by atoms with Crippen molar-refractivity contribution < 1.29 is 14.8 Å². The maximum absolute atomic E-state index is 10.4. The Morgan fingerprint density at radius 1 is 1.62 bits per heavy atom. The van der Waals surface area contributed by atoms with Crippen molar-refractivity contribution in [1.29, 1.82) is 0 Å². The molecular weight excluding hydrogens is 174 g/mol. The zero-order chi connectivity index (χ0) is 10.0. The summed E-state index contributed by atoms with van der Waals surface area (Å²) in [6.45, 7) is 5.35. The van der Waals surface area contributed by atoms with Crippen LogP contribution in [0.2, 0.25) is 0 Å². The number of nitro benzene ring substituents is 1. The monoisotopic (exact) mass is 181 g/mol. The lowest BCUT2D eigenvalue weighted by molar-refractivity contribution is -0.386.